The first-order valence-electron chi connectivity index (χ1n) is 6.82. The summed E-state index contributed by atoms with van der Waals surface area (Å²) in [6.07, 6.45) is 1.19. The third kappa shape index (κ3) is 4.82. The van der Waals surface area contributed by atoms with Gasteiger partial charge in [-0.15, -0.1) is 10.2 Å². The number of hydrogen-bond acceptors (Lipinski definition) is 5. The molecule has 2 rings (SSSR count). The SMILES string of the molecule is COc1ccc(Cc2nnc(NC(=O)CC(C)C)s2)cc1. The maximum Gasteiger partial charge on any atom is 0.226 e. The van der Waals surface area contributed by atoms with Crippen LogP contribution in [-0.4, -0.2) is 23.2 Å². The fourth-order valence-corrected chi connectivity index (χ4v) is 2.62. The Morgan fingerprint density at radius 3 is 2.62 bits per heavy atom. The van der Waals surface area contributed by atoms with Gasteiger partial charge in [0.1, 0.15) is 10.8 Å². The van der Waals surface area contributed by atoms with Gasteiger partial charge in [-0.05, 0) is 23.6 Å². The minimum Gasteiger partial charge on any atom is -0.497 e. The lowest BCUT2D eigenvalue weighted by molar-refractivity contribution is -0.116. The van der Waals surface area contributed by atoms with E-state index in [0.717, 1.165) is 16.3 Å². The van der Waals surface area contributed by atoms with E-state index in [4.69, 9.17) is 4.74 Å². The first-order valence-corrected chi connectivity index (χ1v) is 7.63. The molecule has 0 bridgehead atoms. The molecule has 0 unspecified atom stereocenters. The molecule has 0 saturated heterocycles. The minimum atomic E-state index is -0.0165. The average Bonchev–Trinajstić information content (AvgIpc) is 2.85. The monoisotopic (exact) mass is 305 g/mol. The smallest absolute Gasteiger partial charge is 0.226 e. The van der Waals surface area contributed by atoms with E-state index >= 15 is 0 Å². The molecule has 0 atom stereocenters. The van der Waals surface area contributed by atoms with Gasteiger partial charge < -0.3 is 10.1 Å². The summed E-state index contributed by atoms with van der Waals surface area (Å²) < 4.78 is 5.13. The molecule has 5 nitrogen and oxygen atoms in total. The van der Waals surface area contributed by atoms with E-state index in [9.17, 15) is 4.79 Å². The van der Waals surface area contributed by atoms with Crippen molar-refractivity contribution in [3.05, 3.63) is 34.8 Å². The van der Waals surface area contributed by atoms with Crippen LogP contribution >= 0.6 is 11.3 Å². The van der Waals surface area contributed by atoms with Crippen molar-refractivity contribution >= 4 is 22.4 Å². The molecule has 0 radical (unpaired) electrons. The van der Waals surface area contributed by atoms with Crippen LogP contribution in [0.4, 0.5) is 5.13 Å². The standard InChI is InChI=1S/C15H19N3O2S/c1-10(2)8-13(19)16-15-18-17-14(21-15)9-11-4-6-12(20-3)7-5-11/h4-7,10H,8-9H2,1-3H3,(H,16,18,19). The number of rotatable bonds is 6. The number of carbonyl (C=O) groups is 1. The van der Waals surface area contributed by atoms with Crippen molar-refractivity contribution in [3.63, 3.8) is 0 Å². The van der Waals surface area contributed by atoms with Gasteiger partial charge in [0.15, 0.2) is 0 Å². The lowest BCUT2D eigenvalue weighted by Gasteiger charge is -2.03. The van der Waals surface area contributed by atoms with Crippen LogP contribution in [0.2, 0.25) is 0 Å². The molecule has 1 aromatic carbocycles. The molecule has 2 aromatic rings. The van der Waals surface area contributed by atoms with E-state index in [2.05, 4.69) is 15.5 Å². The van der Waals surface area contributed by atoms with Gasteiger partial charge in [0.2, 0.25) is 11.0 Å². The number of hydrogen-bond donors (Lipinski definition) is 1. The third-order valence-electron chi connectivity index (χ3n) is 2.82. The zero-order valence-electron chi connectivity index (χ0n) is 12.4. The second-order valence-corrected chi connectivity index (χ2v) is 6.23. The Balaban J connectivity index is 1.94. The van der Waals surface area contributed by atoms with Crippen molar-refractivity contribution in [2.45, 2.75) is 26.7 Å². The molecule has 6 heteroatoms. The molecule has 0 aliphatic heterocycles. The quantitative estimate of drug-likeness (QED) is 0.890. The van der Waals surface area contributed by atoms with Crippen LogP contribution in [0.25, 0.3) is 0 Å². The summed E-state index contributed by atoms with van der Waals surface area (Å²) in [5, 5.41) is 12.3. The summed E-state index contributed by atoms with van der Waals surface area (Å²) in [7, 11) is 1.64. The Morgan fingerprint density at radius 2 is 2.00 bits per heavy atom. The highest BCUT2D eigenvalue weighted by molar-refractivity contribution is 7.15. The number of nitrogens with zero attached hydrogens (tertiary/aromatic N) is 2. The van der Waals surface area contributed by atoms with Crippen molar-refractivity contribution in [3.8, 4) is 5.75 Å². The second-order valence-electron chi connectivity index (χ2n) is 5.17. The Labute approximate surface area is 128 Å². The van der Waals surface area contributed by atoms with Crippen molar-refractivity contribution in [1.82, 2.24) is 10.2 Å². The zero-order valence-corrected chi connectivity index (χ0v) is 13.2. The highest BCUT2D eigenvalue weighted by Gasteiger charge is 2.10. The van der Waals surface area contributed by atoms with Crippen LogP contribution in [0.15, 0.2) is 24.3 Å². The van der Waals surface area contributed by atoms with Crippen LogP contribution in [0, 0.1) is 5.92 Å². The number of nitrogens with one attached hydrogen (secondary N) is 1. The molecular weight excluding hydrogens is 286 g/mol. The molecule has 0 spiro atoms. The van der Waals surface area contributed by atoms with Gasteiger partial charge >= 0.3 is 0 Å². The topological polar surface area (TPSA) is 64.1 Å². The van der Waals surface area contributed by atoms with Crippen LogP contribution in [0.1, 0.15) is 30.8 Å². The van der Waals surface area contributed by atoms with E-state index in [-0.39, 0.29) is 5.91 Å². The molecule has 1 aromatic heterocycles. The summed E-state index contributed by atoms with van der Waals surface area (Å²) >= 11 is 1.41. The Kier molecular flexibility index (Phi) is 5.27. The predicted molar refractivity (Wildman–Crippen MR) is 83.8 cm³/mol. The molecule has 1 heterocycles. The van der Waals surface area contributed by atoms with Crippen LogP contribution in [0.3, 0.4) is 0 Å². The summed E-state index contributed by atoms with van der Waals surface area (Å²) in [4.78, 5) is 11.7. The Morgan fingerprint density at radius 1 is 1.29 bits per heavy atom. The number of benzene rings is 1. The molecule has 0 aliphatic carbocycles. The highest BCUT2D eigenvalue weighted by atomic mass is 32.1. The van der Waals surface area contributed by atoms with Gasteiger partial charge in [0, 0.05) is 12.8 Å². The number of carbonyl (C=O) groups excluding carboxylic acids is 1. The summed E-state index contributed by atoms with van der Waals surface area (Å²) in [6, 6.07) is 7.83. The van der Waals surface area contributed by atoms with E-state index in [1.165, 1.54) is 11.3 Å². The van der Waals surface area contributed by atoms with Crippen molar-refractivity contribution in [2.24, 2.45) is 5.92 Å². The summed E-state index contributed by atoms with van der Waals surface area (Å²) in [5.74, 6) is 1.14. The van der Waals surface area contributed by atoms with E-state index in [0.29, 0.717) is 23.9 Å². The van der Waals surface area contributed by atoms with Crippen molar-refractivity contribution in [2.75, 3.05) is 12.4 Å². The van der Waals surface area contributed by atoms with Gasteiger partial charge in [-0.2, -0.15) is 0 Å². The molecule has 0 aliphatic rings. The lowest BCUT2D eigenvalue weighted by Crippen LogP contribution is -2.13. The highest BCUT2D eigenvalue weighted by Crippen LogP contribution is 2.20. The fraction of sp³-hybridized carbons (Fsp3) is 0.400. The first kappa shape index (κ1) is 15.4. The van der Waals surface area contributed by atoms with E-state index < -0.39 is 0 Å². The van der Waals surface area contributed by atoms with Crippen LogP contribution in [0.5, 0.6) is 5.75 Å². The summed E-state index contributed by atoms with van der Waals surface area (Å²) in [6.45, 7) is 4.02. The zero-order chi connectivity index (χ0) is 15.2. The lowest BCUT2D eigenvalue weighted by atomic mass is 10.1. The van der Waals surface area contributed by atoms with Crippen molar-refractivity contribution < 1.29 is 9.53 Å². The molecule has 0 saturated carbocycles. The molecule has 112 valence electrons. The normalized spacial score (nSPS) is 10.7. The van der Waals surface area contributed by atoms with Gasteiger partial charge in [-0.1, -0.05) is 37.3 Å². The fourth-order valence-electron chi connectivity index (χ4n) is 1.83. The number of ether oxygens (including phenoxy) is 1. The van der Waals surface area contributed by atoms with Gasteiger partial charge in [0.05, 0.1) is 7.11 Å². The number of aromatic nitrogens is 2. The molecule has 1 amide bonds. The van der Waals surface area contributed by atoms with E-state index in [1.54, 1.807) is 7.11 Å². The predicted octanol–water partition coefficient (Wildman–Crippen LogP) is 3.12. The number of amides is 1. The molecule has 21 heavy (non-hydrogen) atoms. The number of anilines is 1. The maximum absolute atomic E-state index is 11.7. The molecular formula is C15H19N3O2S. The third-order valence-corrected chi connectivity index (χ3v) is 3.66. The van der Waals surface area contributed by atoms with E-state index in [1.807, 2.05) is 38.1 Å². The van der Waals surface area contributed by atoms with Gasteiger partial charge in [-0.3, -0.25) is 4.79 Å². The maximum atomic E-state index is 11.7. The molecule has 0 fully saturated rings. The first-order chi connectivity index (χ1) is 10.1. The minimum absolute atomic E-state index is 0.0165. The van der Waals surface area contributed by atoms with Crippen LogP contribution in [-0.2, 0) is 11.2 Å². The van der Waals surface area contributed by atoms with Crippen LogP contribution < -0.4 is 10.1 Å². The molecule has 1 N–H and O–H groups in total. The summed E-state index contributed by atoms with van der Waals surface area (Å²) in [5.41, 5.74) is 1.13. The van der Waals surface area contributed by atoms with Crippen molar-refractivity contribution in [1.29, 1.82) is 0 Å². The second kappa shape index (κ2) is 7.17. The number of methoxy groups -OCH3 is 1. The average molecular weight is 305 g/mol. The largest absolute Gasteiger partial charge is 0.497 e. The van der Waals surface area contributed by atoms with Gasteiger partial charge in [-0.25, -0.2) is 0 Å². The Hall–Kier alpha value is -1.95. The Bertz CT molecular complexity index is 593. The van der Waals surface area contributed by atoms with Gasteiger partial charge in [0.25, 0.3) is 0 Å².